The Kier molecular flexibility index (Phi) is 4.35. The highest BCUT2D eigenvalue weighted by molar-refractivity contribution is 9.10. The molecule has 1 saturated heterocycles. The predicted molar refractivity (Wildman–Crippen MR) is 77.2 cm³/mol. The molecule has 114 valence electrons. The number of carbonyl (C=O) groups is 2. The zero-order valence-corrected chi connectivity index (χ0v) is 13.2. The van der Waals surface area contributed by atoms with Gasteiger partial charge in [-0.1, -0.05) is 0 Å². The fraction of sp³-hybridized carbons (Fsp3) is 0.333. The van der Waals surface area contributed by atoms with Crippen LogP contribution in [0.25, 0.3) is 0 Å². The minimum Gasteiger partial charge on any atom is -0.481 e. The van der Waals surface area contributed by atoms with Crippen molar-refractivity contribution in [2.24, 2.45) is 11.1 Å². The van der Waals surface area contributed by atoms with Crippen LogP contribution in [0.2, 0.25) is 0 Å². The summed E-state index contributed by atoms with van der Waals surface area (Å²) in [4.78, 5) is 24.5. The molecule has 0 spiro atoms. The maximum Gasteiger partial charge on any atom is 0.308 e. The Morgan fingerprint density at radius 2 is 2.05 bits per heavy atom. The van der Waals surface area contributed by atoms with Crippen molar-refractivity contribution in [3.63, 3.8) is 0 Å². The van der Waals surface area contributed by atoms with Gasteiger partial charge in [-0.25, -0.2) is 13.6 Å². The number of nitrogens with two attached hydrogens (primary N) is 1. The van der Waals surface area contributed by atoms with E-state index < -0.39 is 27.8 Å². The molecule has 0 aliphatic carbocycles. The van der Waals surface area contributed by atoms with Gasteiger partial charge in [0.05, 0.1) is 16.4 Å². The second kappa shape index (κ2) is 5.74. The Hall–Kier alpha value is -1.45. The third-order valence-corrected chi connectivity index (χ3v) is 4.92. The highest BCUT2D eigenvalue weighted by atomic mass is 79.9. The Morgan fingerprint density at radius 3 is 2.57 bits per heavy atom. The third-order valence-electron chi connectivity index (χ3n) is 3.32. The number of carbonyl (C=O) groups excluding carboxylic acids is 1. The number of amides is 1. The average Bonchev–Trinajstić information content (AvgIpc) is 2.86. The summed E-state index contributed by atoms with van der Waals surface area (Å²) in [5, 5.41) is 14.0. The summed E-state index contributed by atoms with van der Waals surface area (Å²) in [6, 6.07) is 3.91. The van der Waals surface area contributed by atoms with Gasteiger partial charge in [0, 0.05) is 17.6 Å². The number of nitrogens with zero attached hydrogens (tertiary/aromatic N) is 1. The van der Waals surface area contributed by atoms with Gasteiger partial charge in [-0.3, -0.25) is 9.59 Å². The first kappa shape index (κ1) is 15.9. The van der Waals surface area contributed by atoms with E-state index in [1.54, 1.807) is 0 Å². The topological polar surface area (TPSA) is 118 Å². The van der Waals surface area contributed by atoms with Crippen molar-refractivity contribution in [3.05, 3.63) is 28.2 Å². The number of sulfonamides is 1. The number of hydrogen-bond acceptors (Lipinski definition) is 4. The first-order valence-electron chi connectivity index (χ1n) is 6.04. The summed E-state index contributed by atoms with van der Waals surface area (Å²) >= 11 is 3.19. The summed E-state index contributed by atoms with van der Waals surface area (Å²) in [5.74, 6) is -1.95. The fourth-order valence-electron chi connectivity index (χ4n) is 2.16. The van der Waals surface area contributed by atoms with Crippen LogP contribution in [0.1, 0.15) is 16.8 Å². The molecule has 0 radical (unpaired) electrons. The molecule has 0 aromatic heterocycles. The second-order valence-electron chi connectivity index (χ2n) is 4.76. The van der Waals surface area contributed by atoms with Crippen LogP contribution < -0.4 is 5.14 Å². The Balaban J connectivity index is 2.30. The molecule has 0 saturated carbocycles. The van der Waals surface area contributed by atoms with E-state index in [2.05, 4.69) is 15.9 Å². The number of carboxylic acids is 1. The van der Waals surface area contributed by atoms with Crippen LogP contribution in [0.5, 0.6) is 0 Å². The SMILES string of the molecule is NS(=O)(=O)c1ccc(Br)c(C(=O)N2CC[C@H](C(=O)O)C2)c1. The second-order valence-corrected chi connectivity index (χ2v) is 7.18. The molecule has 1 fully saturated rings. The van der Waals surface area contributed by atoms with Gasteiger partial charge in [0.25, 0.3) is 5.91 Å². The molecule has 2 rings (SSSR count). The lowest BCUT2D eigenvalue weighted by molar-refractivity contribution is -0.141. The highest BCUT2D eigenvalue weighted by Crippen LogP contribution is 2.25. The molecule has 1 atom stereocenters. The molecule has 7 nitrogen and oxygen atoms in total. The zero-order chi connectivity index (χ0) is 15.8. The molecule has 1 aliphatic rings. The summed E-state index contributed by atoms with van der Waals surface area (Å²) in [7, 11) is -3.91. The molecule has 3 N–H and O–H groups in total. The molecule has 1 aliphatic heterocycles. The Morgan fingerprint density at radius 1 is 1.38 bits per heavy atom. The summed E-state index contributed by atoms with van der Waals surface area (Å²) in [6.45, 7) is 0.433. The van der Waals surface area contributed by atoms with Crippen LogP contribution in [-0.2, 0) is 14.8 Å². The first-order valence-corrected chi connectivity index (χ1v) is 8.38. The Labute approximate surface area is 129 Å². The molecular formula is C12H13BrN2O5S. The first-order chi connectivity index (χ1) is 9.70. The number of halogens is 1. The summed E-state index contributed by atoms with van der Waals surface area (Å²) in [6.07, 6.45) is 0.383. The van der Waals surface area contributed by atoms with Gasteiger partial charge < -0.3 is 10.0 Å². The van der Waals surface area contributed by atoms with Crippen molar-refractivity contribution in [2.75, 3.05) is 13.1 Å². The number of primary sulfonamides is 1. The van der Waals surface area contributed by atoms with Crippen LogP contribution >= 0.6 is 15.9 Å². The minimum absolute atomic E-state index is 0.111. The normalized spacial score (nSPS) is 18.8. The predicted octanol–water partition coefficient (Wildman–Crippen LogP) is 0.643. The summed E-state index contributed by atoms with van der Waals surface area (Å²) < 4.78 is 23.1. The van der Waals surface area contributed by atoms with E-state index in [1.165, 1.54) is 23.1 Å². The standard InChI is InChI=1S/C12H13BrN2O5S/c13-10-2-1-8(21(14,19)20)5-9(10)11(16)15-4-3-7(6-15)12(17)18/h1-2,5,7H,3-4,6H2,(H,17,18)(H2,14,19,20)/t7-/m0/s1. The van der Waals surface area contributed by atoms with Crippen molar-refractivity contribution in [2.45, 2.75) is 11.3 Å². The molecule has 1 aromatic carbocycles. The van der Waals surface area contributed by atoms with Crippen molar-refractivity contribution >= 4 is 37.8 Å². The minimum atomic E-state index is -3.91. The Bertz CT molecular complexity index is 704. The van der Waals surface area contributed by atoms with Crippen molar-refractivity contribution < 1.29 is 23.1 Å². The molecule has 9 heteroatoms. The lowest BCUT2D eigenvalue weighted by Gasteiger charge is -2.17. The quantitative estimate of drug-likeness (QED) is 0.802. The number of carboxylic acid groups (broad SMARTS) is 1. The van der Waals surface area contributed by atoms with Crippen molar-refractivity contribution in [3.8, 4) is 0 Å². The van der Waals surface area contributed by atoms with E-state index in [0.29, 0.717) is 17.4 Å². The van der Waals surface area contributed by atoms with Gasteiger partial charge in [-0.2, -0.15) is 0 Å². The molecule has 1 aromatic rings. The van der Waals surface area contributed by atoms with Crippen LogP contribution in [0.4, 0.5) is 0 Å². The van der Waals surface area contributed by atoms with E-state index in [9.17, 15) is 18.0 Å². The number of rotatable bonds is 3. The van der Waals surface area contributed by atoms with Gasteiger partial charge in [0.15, 0.2) is 0 Å². The van der Waals surface area contributed by atoms with E-state index in [0.717, 1.165) is 0 Å². The molecule has 21 heavy (non-hydrogen) atoms. The monoisotopic (exact) mass is 376 g/mol. The number of hydrogen-bond donors (Lipinski definition) is 2. The zero-order valence-electron chi connectivity index (χ0n) is 10.8. The lowest BCUT2D eigenvalue weighted by Crippen LogP contribution is -2.30. The van der Waals surface area contributed by atoms with E-state index in [1.807, 2.05) is 0 Å². The maximum absolute atomic E-state index is 12.4. The van der Waals surface area contributed by atoms with Gasteiger partial charge in [-0.05, 0) is 40.5 Å². The molecular weight excluding hydrogens is 364 g/mol. The van der Waals surface area contributed by atoms with Gasteiger partial charge >= 0.3 is 5.97 Å². The number of benzene rings is 1. The molecule has 0 bridgehead atoms. The van der Waals surface area contributed by atoms with Gasteiger partial charge in [-0.15, -0.1) is 0 Å². The van der Waals surface area contributed by atoms with Crippen molar-refractivity contribution in [1.82, 2.24) is 4.90 Å². The molecule has 1 heterocycles. The smallest absolute Gasteiger partial charge is 0.308 e. The van der Waals surface area contributed by atoms with Crippen LogP contribution in [0.3, 0.4) is 0 Å². The van der Waals surface area contributed by atoms with Crippen LogP contribution in [0, 0.1) is 5.92 Å². The number of likely N-dealkylation sites (tertiary alicyclic amines) is 1. The van der Waals surface area contributed by atoms with Gasteiger partial charge in [0.2, 0.25) is 10.0 Å². The average molecular weight is 377 g/mol. The van der Waals surface area contributed by atoms with Crippen LogP contribution in [0.15, 0.2) is 27.6 Å². The van der Waals surface area contributed by atoms with Crippen molar-refractivity contribution in [1.29, 1.82) is 0 Å². The van der Waals surface area contributed by atoms with E-state index >= 15 is 0 Å². The lowest BCUT2D eigenvalue weighted by atomic mass is 10.1. The van der Waals surface area contributed by atoms with Crippen LogP contribution in [-0.4, -0.2) is 43.4 Å². The number of aliphatic carboxylic acids is 1. The van der Waals surface area contributed by atoms with Gasteiger partial charge in [0.1, 0.15) is 0 Å². The molecule has 1 amide bonds. The fourth-order valence-corrected chi connectivity index (χ4v) is 3.12. The third kappa shape index (κ3) is 3.42. The van der Waals surface area contributed by atoms with E-state index in [4.69, 9.17) is 10.2 Å². The maximum atomic E-state index is 12.4. The molecule has 0 unspecified atom stereocenters. The summed E-state index contributed by atoms with van der Waals surface area (Å²) in [5.41, 5.74) is 0.146. The van der Waals surface area contributed by atoms with E-state index in [-0.39, 0.29) is 17.0 Å². The largest absolute Gasteiger partial charge is 0.481 e. The highest BCUT2D eigenvalue weighted by Gasteiger charge is 2.32.